The summed E-state index contributed by atoms with van der Waals surface area (Å²) in [5.41, 5.74) is 0. The van der Waals surface area contributed by atoms with Crippen LogP contribution in [0.15, 0.2) is 5.16 Å². The zero-order valence-corrected chi connectivity index (χ0v) is 10.5. The first-order valence-corrected chi connectivity index (χ1v) is 6.41. The van der Waals surface area contributed by atoms with Gasteiger partial charge in [-0.05, 0) is 16.8 Å². The minimum atomic E-state index is -0.885. The molecule has 0 aliphatic heterocycles. The van der Waals surface area contributed by atoms with Gasteiger partial charge in [-0.25, -0.2) is 4.68 Å². The third kappa shape index (κ3) is 5.64. The average molecular weight is 260 g/mol. The van der Waals surface area contributed by atoms with Crippen LogP contribution in [0.25, 0.3) is 0 Å². The van der Waals surface area contributed by atoms with Gasteiger partial charge in [0.1, 0.15) is 0 Å². The normalized spacial score (nSPS) is 10.6. The van der Waals surface area contributed by atoms with Crippen molar-refractivity contribution in [2.24, 2.45) is 0 Å². The molecule has 1 aromatic rings. The molecule has 0 saturated carbocycles. The first-order valence-electron chi connectivity index (χ1n) is 5.42. The van der Waals surface area contributed by atoms with E-state index in [1.807, 2.05) is 0 Å². The van der Waals surface area contributed by atoms with Crippen molar-refractivity contribution in [3.63, 3.8) is 0 Å². The monoisotopic (exact) mass is 260 g/mol. The van der Waals surface area contributed by atoms with Crippen LogP contribution in [0.1, 0.15) is 19.8 Å². The molecule has 0 unspecified atom stereocenters. The molecule has 1 aromatic heterocycles. The summed E-state index contributed by atoms with van der Waals surface area (Å²) in [7, 11) is 0. The summed E-state index contributed by atoms with van der Waals surface area (Å²) < 4.78 is 6.94. The fraction of sp³-hybridized carbons (Fsp3) is 0.778. The van der Waals surface area contributed by atoms with Gasteiger partial charge in [0.15, 0.2) is 0 Å². The van der Waals surface area contributed by atoms with Crippen LogP contribution < -0.4 is 0 Å². The van der Waals surface area contributed by atoms with Crippen molar-refractivity contribution in [2.75, 3.05) is 19.0 Å². The molecular formula is C9H16N4O3S. The molecule has 0 saturated heterocycles. The molecule has 0 atom stereocenters. The van der Waals surface area contributed by atoms with Crippen LogP contribution in [0.5, 0.6) is 0 Å². The van der Waals surface area contributed by atoms with Gasteiger partial charge in [-0.15, -0.1) is 5.10 Å². The number of hydrogen-bond acceptors (Lipinski definition) is 6. The van der Waals surface area contributed by atoms with Crippen LogP contribution in [0.3, 0.4) is 0 Å². The Hall–Kier alpha value is -1.15. The van der Waals surface area contributed by atoms with Crippen molar-refractivity contribution in [1.82, 2.24) is 20.2 Å². The zero-order valence-electron chi connectivity index (χ0n) is 9.70. The Morgan fingerprint density at radius 1 is 1.53 bits per heavy atom. The number of ether oxygens (including phenoxy) is 1. The molecule has 1 rings (SSSR count). The topological polar surface area (TPSA) is 90.1 Å². The predicted octanol–water partition coefficient (Wildman–Crippen LogP) is 0.666. The Morgan fingerprint density at radius 2 is 2.35 bits per heavy atom. The summed E-state index contributed by atoms with van der Waals surface area (Å²) in [6, 6.07) is 0. The Kier molecular flexibility index (Phi) is 6.56. The molecule has 0 amide bonds. The molecule has 0 radical (unpaired) electrons. The fourth-order valence-corrected chi connectivity index (χ4v) is 1.69. The van der Waals surface area contributed by atoms with Crippen LogP contribution in [-0.4, -0.2) is 50.2 Å². The summed E-state index contributed by atoms with van der Waals surface area (Å²) in [6.45, 7) is 3.91. The highest BCUT2D eigenvalue weighted by molar-refractivity contribution is 7.99. The number of aromatic nitrogens is 4. The minimum Gasteiger partial charge on any atom is -0.481 e. The third-order valence-corrected chi connectivity index (χ3v) is 2.86. The van der Waals surface area contributed by atoms with Crippen molar-refractivity contribution < 1.29 is 14.6 Å². The second-order valence-corrected chi connectivity index (χ2v) is 4.28. The Balaban J connectivity index is 2.27. The van der Waals surface area contributed by atoms with Crippen molar-refractivity contribution in [1.29, 1.82) is 0 Å². The fourth-order valence-electron chi connectivity index (χ4n) is 1.07. The van der Waals surface area contributed by atoms with Gasteiger partial charge in [0.25, 0.3) is 0 Å². The van der Waals surface area contributed by atoms with E-state index in [-0.39, 0.29) is 5.75 Å². The lowest BCUT2D eigenvalue weighted by atomic mass is 10.4. The molecule has 1 N–H and O–H groups in total. The molecule has 0 aliphatic carbocycles. The van der Waals surface area contributed by atoms with E-state index in [1.54, 1.807) is 4.68 Å². The molecule has 0 fully saturated rings. The van der Waals surface area contributed by atoms with Crippen LogP contribution in [0.2, 0.25) is 0 Å². The van der Waals surface area contributed by atoms with Gasteiger partial charge in [-0.3, -0.25) is 4.79 Å². The summed E-state index contributed by atoms with van der Waals surface area (Å²) >= 11 is 1.10. The van der Waals surface area contributed by atoms with Gasteiger partial charge in [0.05, 0.1) is 18.9 Å². The number of tetrazole rings is 1. The van der Waals surface area contributed by atoms with Crippen molar-refractivity contribution >= 4 is 17.7 Å². The molecule has 0 bridgehead atoms. The van der Waals surface area contributed by atoms with Crippen molar-refractivity contribution in [3.8, 4) is 0 Å². The molecule has 1 heterocycles. The van der Waals surface area contributed by atoms with Crippen molar-refractivity contribution in [3.05, 3.63) is 0 Å². The maximum atomic E-state index is 10.4. The summed E-state index contributed by atoms with van der Waals surface area (Å²) in [6.07, 6.45) is 2.14. The van der Waals surface area contributed by atoms with E-state index in [4.69, 9.17) is 9.84 Å². The second-order valence-electron chi connectivity index (χ2n) is 3.33. The van der Waals surface area contributed by atoms with Gasteiger partial charge in [-0.1, -0.05) is 25.1 Å². The average Bonchev–Trinajstić information content (AvgIpc) is 2.73. The maximum absolute atomic E-state index is 10.4. The Bertz CT molecular complexity index is 345. The number of carboxylic acid groups (broad SMARTS) is 1. The molecular weight excluding hydrogens is 244 g/mol. The Labute approximate surface area is 104 Å². The lowest BCUT2D eigenvalue weighted by molar-refractivity contribution is -0.133. The maximum Gasteiger partial charge on any atom is 0.313 e. The smallest absolute Gasteiger partial charge is 0.313 e. The van der Waals surface area contributed by atoms with Crippen LogP contribution in [0.4, 0.5) is 0 Å². The zero-order chi connectivity index (χ0) is 12.5. The number of unbranched alkanes of at least 4 members (excludes halogenated alkanes) is 1. The number of carboxylic acids is 1. The van der Waals surface area contributed by atoms with Gasteiger partial charge >= 0.3 is 5.97 Å². The molecule has 0 aliphatic rings. The van der Waals surface area contributed by atoms with E-state index in [1.165, 1.54) is 0 Å². The van der Waals surface area contributed by atoms with Gasteiger partial charge in [0, 0.05) is 6.61 Å². The number of aliphatic carboxylic acids is 1. The number of thioether (sulfide) groups is 1. The predicted molar refractivity (Wildman–Crippen MR) is 61.9 cm³/mol. The molecule has 0 aromatic carbocycles. The SMILES string of the molecule is CCCCOCCn1nnnc1SCC(=O)O. The third-order valence-electron chi connectivity index (χ3n) is 1.91. The number of carbonyl (C=O) groups is 1. The summed E-state index contributed by atoms with van der Waals surface area (Å²) in [4.78, 5) is 10.4. The molecule has 0 spiro atoms. The summed E-state index contributed by atoms with van der Waals surface area (Å²) in [5.74, 6) is -0.930. The van der Waals surface area contributed by atoms with E-state index < -0.39 is 5.97 Å². The van der Waals surface area contributed by atoms with E-state index in [0.29, 0.717) is 18.3 Å². The lowest BCUT2D eigenvalue weighted by Gasteiger charge is -2.04. The number of nitrogens with zero attached hydrogens (tertiary/aromatic N) is 4. The van der Waals surface area contributed by atoms with Crippen molar-refractivity contribution in [2.45, 2.75) is 31.5 Å². The number of rotatable bonds is 9. The lowest BCUT2D eigenvalue weighted by Crippen LogP contribution is -2.10. The molecule has 96 valence electrons. The van der Waals surface area contributed by atoms with Gasteiger partial charge in [-0.2, -0.15) is 0 Å². The standard InChI is InChI=1S/C9H16N4O3S/c1-2-3-5-16-6-4-13-9(10-11-12-13)17-7-8(14)15/h2-7H2,1H3,(H,14,15). The first kappa shape index (κ1) is 13.9. The number of hydrogen-bond donors (Lipinski definition) is 1. The van der Waals surface area contributed by atoms with Crippen LogP contribution >= 0.6 is 11.8 Å². The van der Waals surface area contributed by atoms with Gasteiger partial charge in [0.2, 0.25) is 5.16 Å². The van der Waals surface area contributed by atoms with Crippen LogP contribution in [-0.2, 0) is 16.1 Å². The molecule has 8 heteroatoms. The second kappa shape index (κ2) is 8.02. The largest absolute Gasteiger partial charge is 0.481 e. The Morgan fingerprint density at radius 3 is 3.06 bits per heavy atom. The highest BCUT2D eigenvalue weighted by Crippen LogP contribution is 2.12. The van der Waals surface area contributed by atoms with E-state index >= 15 is 0 Å². The molecule has 7 nitrogen and oxygen atoms in total. The summed E-state index contributed by atoms with van der Waals surface area (Å²) in [5, 5.41) is 20.1. The molecule has 17 heavy (non-hydrogen) atoms. The minimum absolute atomic E-state index is 0.0446. The van der Waals surface area contributed by atoms with E-state index in [9.17, 15) is 4.79 Å². The quantitative estimate of drug-likeness (QED) is 0.515. The highest BCUT2D eigenvalue weighted by atomic mass is 32.2. The first-order chi connectivity index (χ1) is 8.24. The van der Waals surface area contributed by atoms with E-state index in [0.717, 1.165) is 31.2 Å². The highest BCUT2D eigenvalue weighted by Gasteiger charge is 2.08. The van der Waals surface area contributed by atoms with Crippen LogP contribution in [0, 0.1) is 0 Å². The van der Waals surface area contributed by atoms with E-state index in [2.05, 4.69) is 22.4 Å². The van der Waals surface area contributed by atoms with Gasteiger partial charge < -0.3 is 9.84 Å².